The van der Waals surface area contributed by atoms with Crippen molar-refractivity contribution in [1.29, 1.82) is 0 Å². The van der Waals surface area contributed by atoms with Gasteiger partial charge in [0.05, 0.1) is 18.9 Å². The second-order valence-corrected chi connectivity index (χ2v) is 5.02. The lowest BCUT2D eigenvalue weighted by molar-refractivity contribution is -0.121. The van der Waals surface area contributed by atoms with Crippen LogP contribution in [0.4, 0.5) is 5.69 Å². The molecular formula is C14H13ClN2O3. The summed E-state index contributed by atoms with van der Waals surface area (Å²) in [6.07, 6.45) is 1.39. The Bertz CT molecular complexity index is 577. The minimum absolute atomic E-state index is 0.292. The molecule has 6 heteroatoms. The van der Waals surface area contributed by atoms with Crippen LogP contribution in [-0.2, 0) is 14.3 Å². The molecule has 2 heterocycles. The highest BCUT2D eigenvalue weighted by atomic mass is 35.5. The molecular weight excluding hydrogens is 280 g/mol. The molecule has 1 aromatic rings. The van der Waals surface area contributed by atoms with Crippen molar-refractivity contribution in [3.05, 3.63) is 41.1 Å². The molecule has 1 fully saturated rings. The molecule has 0 radical (unpaired) electrons. The number of halogens is 1. The van der Waals surface area contributed by atoms with Crippen LogP contribution in [0.1, 0.15) is 0 Å². The summed E-state index contributed by atoms with van der Waals surface area (Å²) in [4.78, 5) is 27.5. The number of hydrogen-bond donors (Lipinski definition) is 0. The van der Waals surface area contributed by atoms with Crippen molar-refractivity contribution in [2.75, 3.05) is 31.2 Å². The Hall–Kier alpha value is -1.85. The van der Waals surface area contributed by atoms with E-state index in [0.29, 0.717) is 42.7 Å². The Balaban J connectivity index is 1.84. The molecule has 0 atom stereocenters. The zero-order valence-corrected chi connectivity index (χ0v) is 11.5. The van der Waals surface area contributed by atoms with E-state index in [2.05, 4.69) is 0 Å². The molecule has 5 nitrogen and oxygen atoms in total. The average molecular weight is 293 g/mol. The molecule has 20 heavy (non-hydrogen) atoms. The molecule has 2 amide bonds. The van der Waals surface area contributed by atoms with E-state index in [4.69, 9.17) is 16.3 Å². The van der Waals surface area contributed by atoms with E-state index in [9.17, 15) is 9.59 Å². The van der Waals surface area contributed by atoms with E-state index in [-0.39, 0.29) is 11.8 Å². The molecule has 104 valence electrons. The molecule has 0 bridgehead atoms. The fraction of sp³-hybridized carbons (Fsp3) is 0.286. The number of morpholine rings is 1. The first-order valence-electron chi connectivity index (χ1n) is 6.35. The van der Waals surface area contributed by atoms with Gasteiger partial charge in [0.15, 0.2) is 0 Å². The molecule has 0 aliphatic carbocycles. The summed E-state index contributed by atoms with van der Waals surface area (Å²) in [5, 5.41) is 0.564. The fourth-order valence-electron chi connectivity index (χ4n) is 2.32. The standard InChI is InChI=1S/C14H13ClN2O3/c15-10-1-3-11(4-2-10)17-13(18)9-12(14(17)19)16-5-7-20-8-6-16/h1-4,9H,5-8H2. The third-order valence-electron chi connectivity index (χ3n) is 3.34. The summed E-state index contributed by atoms with van der Waals surface area (Å²) in [6.45, 7) is 2.39. The Labute approximate surface area is 121 Å². The van der Waals surface area contributed by atoms with Crippen molar-refractivity contribution in [1.82, 2.24) is 4.90 Å². The molecule has 1 aromatic carbocycles. The summed E-state index contributed by atoms with van der Waals surface area (Å²) in [7, 11) is 0. The van der Waals surface area contributed by atoms with Crippen molar-refractivity contribution in [3.8, 4) is 0 Å². The highest BCUT2D eigenvalue weighted by Gasteiger charge is 2.35. The van der Waals surface area contributed by atoms with E-state index in [1.807, 2.05) is 4.90 Å². The van der Waals surface area contributed by atoms with Gasteiger partial charge in [0.1, 0.15) is 5.70 Å². The van der Waals surface area contributed by atoms with Gasteiger partial charge in [-0.1, -0.05) is 11.6 Å². The van der Waals surface area contributed by atoms with E-state index >= 15 is 0 Å². The number of ether oxygens (including phenoxy) is 1. The number of imide groups is 1. The van der Waals surface area contributed by atoms with Crippen LogP contribution >= 0.6 is 11.6 Å². The first-order valence-corrected chi connectivity index (χ1v) is 6.73. The van der Waals surface area contributed by atoms with Gasteiger partial charge in [-0.3, -0.25) is 9.59 Å². The number of hydrogen-bond acceptors (Lipinski definition) is 4. The maximum absolute atomic E-state index is 12.4. The van der Waals surface area contributed by atoms with Gasteiger partial charge in [-0.2, -0.15) is 0 Å². The second kappa shape index (κ2) is 5.26. The van der Waals surface area contributed by atoms with Gasteiger partial charge in [0, 0.05) is 24.2 Å². The molecule has 0 N–H and O–H groups in total. The van der Waals surface area contributed by atoms with Crippen LogP contribution in [0.15, 0.2) is 36.0 Å². The van der Waals surface area contributed by atoms with Gasteiger partial charge in [-0.05, 0) is 24.3 Å². The Morgan fingerprint density at radius 2 is 1.70 bits per heavy atom. The minimum atomic E-state index is -0.321. The summed E-state index contributed by atoms with van der Waals surface area (Å²) in [5.74, 6) is -0.613. The first kappa shape index (κ1) is 13.1. The number of benzene rings is 1. The third kappa shape index (κ3) is 2.30. The van der Waals surface area contributed by atoms with Gasteiger partial charge in [-0.15, -0.1) is 0 Å². The van der Waals surface area contributed by atoms with E-state index < -0.39 is 0 Å². The van der Waals surface area contributed by atoms with Gasteiger partial charge in [0.2, 0.25) is 0 Å². The van der Waals surface area contributed by atoms with Crippen LogP contribution in [0.25, 0.3) is 0 Å². The van der Waals surface area contributed by atoms with Crippen molar-refractivity contribution in [3.63, 3.8) is 0 Å². The van der Waals surface area contributed by atoms with Crippen molar-refractivity contribution in [2.45, 2.75) is 0 Å². The number of carbonyl (C=O) groups excluding carboxylic acids is 2. The summed E-state index contributed by atoms with van der Waals surface area (Å²) >= 11 is 5.82. The number of nitrogens with zero attached hydrogens (tertiary/aromatic N) is 2. The highest BCUT2D eigenvalue weighted by Crippen LogP contribution is 2.26. The van der Waals surface area contributed by atoms with Crippen molar-refractivity contribution in [2.24, 2.45) is 0 Å². The lowest BCUT2D eigenvalue weighted by Crippen LogP contribution is -2.40. The van der Waals surface area contributed by atoms with Crippen molar-refractivity contribution >= 4 is 29.1 Å². The smallest absolute Gasteiger partial charge is 0.281 e. The largest absolute Gasteiger partial charge is 0.378 e. The topological polar surface area (TPSA) is 49.9 Å². The average Bonchev–Trinajstić information content (AvgIpc) is 2.76. The molecule has 2 aliphatic heterocycles. The van der Waals surface area contributed by atoms with Gasteiger partial charge in [0.25, 0.3) is 11.8 Å². The van der Waals surface area contributed by atoms with Gasteiger partial charge >= 0.3 is 0 Å². The van der Waals surface area contributed by atoms with E-state index in [1.54, 1.807) is 24.3 Å². The summed E-state index contributed by atoms with van der Waals surface area (Å²) in [5.41, 5.74) is 0.970. The predicted molar refractivity (Wildman–Crippen MR) is 74.4 cm³/mol. The molecule has 0 aromatic heterocycles. The van der Waals surface area contributed by atoms with Crippen LogP contribution in [0.2, 0.25) is 5.02 Å². The molecule has 0 spiro atoms. The van der Waals surface area contributed by atoms with Crippen LogP contribution in [0, 0.1) is 0 Å². The van der Waals surface area contributed by atoms with Crippen LogP contribution in [0.3, 0.4) is 0 Å². The van der Waals surface area contributed by atoms with E-state index in [0.717, 1.165) is 0 Å². The number of carbonyl (C=O) groups is 2. The minimum Gasteiger partial charge on any atom is -0.378 e. The highest BCUT2D eigenvalue weighted by molar-refractivity contribution is 6.32. The predicted octanol–water partition coefficient (Wildman–Crippen LogP) is 1.43. The Kier molecular flexibility index (Phi) is 3.46. The zero-order chi connectivity index (χ0) is 14.1. The van der Waals surface area contributed by atoms with Crippen molar-refractivity contribution < 1.29 is 14.3 Å². The number of rotatable bonds is 2. The molecule has 2 aliphatic rings. The van der Waals surface area contributed by atoms with Crippen LogP contribution in [-0.4, -0.2) is 43.0 Å². The Morgan fingerprint density at radius 1 is 1.05 bits per heavy atom. The monoisotopic (exact) mass is 292 g/mol. The normalized spacial score (nSPS) is 19.6. The Morgan fingerprint density at radius 3 is 2.35 bits per heavy atom. The molecule has 3 rings (SSSR count). The molecule has 0 saturated carbocycles. The summed E-state index contributed by atoms with van der Waals surface area (Å²) < 4.78 is 5.25. The molecule has 0 unspecified atom stereocenters. The quantitative estimate of drug-likeness (QED) is 0.774. The third-order valence-corrected chi connectivity index (χ3v) is 3.59. The van der Waals surface area contributed by atoms with Crippen LogP contribution < -0.4 is 4.90 Å². The SMILES string of the molecule is O=C1C=C(N2CCOCC2)C(=O)N1c1ccc(Cl)cc1. The lowest BCUT2D eigenvalue weighted by Gasteiger charge is -2.29. The first-order chi connectivity index (χ1) is 9.66. The zero-order valence-electron chi connectivity index (χ0n) is 10.7. The number of amides is 2. The van der Waals surface area contributed by atoms with Crippen LogP contribution in [0.5, 0.6) is 0 Å². The van der Waals surface area contributed by atoms with Gasteiger partial charge in [-0.25, -0.2) is 4.90 Å². The maximum atomic E-state index is 12.4. The molecule has 1 saturated heterocycles. The second-order valence-electron chi connectivity index (χ2n) is 4.58. The van der Waals surface area contributed by atoms with E-state index in [1.165, 1.54) is 11.0 Å². The summed E-state index contributed by atoms with van der Waals surface area (Å²) in [6, 6.07) is 6.64. The maximum Gasteiger partial charge on any atom is 0.281 e. The fourth-order valence-corrected chi connectivity index (χ4v) is 2.45. The van der Waals surface area contributed by atoms with Gasteiger partial charge < -0.3 is 9.64 Å². The lowest BCUT2D eigenvalue weighted by atomic mass is 10.3. The number of anilines is 1.